The molecule has 0 radical (unpaired) electrons. The van der Waals surface area contributed by atoms with Gasteiger partial charge in [-0.25, -0.2) is 0 Å². The van der Waals surface area contributed by atoms with E-state index in [4.69, 9.17) is 16.6 Å². The van der Waals surface area contributed by atoms with E-state index in [1.807, 2.05) is 0 Å². The van der Waals surface area contributed by atoms with Crippen LogP contribution in [0.15, 0.2) is 44.8 Å². The lowest BCUT2D eigenvalue weighted by atomic mass is 10.1. The van der Waals surface area contributed by atoms with Crippen LogP contribution in [0.3, 0.4) is 0 Å². The van der Waals surface area contributed by atoms with Crippen LogP contribution in [-0.2, 0) is 9.59 Å². The van der Waals surface area contributed by atoms with E-state index in [1.54, 1.807) is 18.2 Å². The van der Waals surface area contributed by atoms with Crippen molar-refractivity contribution in [2.24, 2.45) is 0 Å². The van der Waals surface area contributed by atoms with E-state index in [9.17, 15) is 19.7 Å². The Labute approximate surface area is 160 Å². The molecule has 2 amide bonds. The summed E-state index contributed by atoms with van der Waals surface area (Å²) in [5.74, 6) is -0.433. The molecule has 26 heavy (non-hydrogen) atoms. The highest BCUT2D eigenvalue weighted by molar-refractivity contribution is 9.10. The Balaban J connectivity index is 1.93. The van der Waals surface area contributed by atoms with Crippen molar-refractivity contribution in [2.45, 2.75) is 0 Å². The van der Waals surface area contributed by atoms with Crippen molar-refractivity contribution in [3.8, 4) is 11.3 Å². The standard InChI is InChI=1S/C16H10BrN3O5S/c1-19-15(22)11(14(21)18-16(19)26)7-9-3-5-13(25-9)10-4-2-8(20(23)24)6-12(10)17/h2-7H,1H3,(H,18,21,26)/b11-7+. The number of benzene rings is 1. The number of non-ortho nitro benzene ring substituents is 1. The number of halogens is 1. The summed E-state index contributed by atoms with van der Waals surface area (Å²) in [5, 5.41) is 13.3. The highest BCUT2D eigenvalue weighted by Crippen LogP contribution is 2.33. The Morgan fingerprint density at radius 3 is 2.69 bits per heavy atom. The van der Waals surface area contributed by atoms with E-state index in [-0.39, 0.29) is 22.1 Å². The number of amides is 2. The lowest BCUT2D eigenvalue weighted by Gasteiger charge is -2.24. The van der Waals surface area contributed by atoms with Crippen molar-refractivity contribution in [3.05, 3.63) is 56.3 Å². The van der Waals surface area contributed by atoms with Gasteiger partial charge in [0.15, 0.2) is 5.11 Å². The molecule has 3 rings (SSSR count). The van der Waals surface area contributed by atoms with Crippen LogP contribution in [0.4, 0.5) is 5.69 Å². The van der Waals surface area contributed by atoms with Gasteiger partial charge in [-0.1, -0.05) is 0 Å². The second-order valence-electron chi connectivity index (χ2n) is 5.30. The molecule has 1 aliphatic rings. The molecular formula is C16H10BrN3O5S. The van der Waals surface area contributed by atoms with E-state index in [0.717, 1.165) is 4.90 Å². The first-order valence-electron chi connectivity index (χ1n) is 7.17. The van der Waals surface area contributed by atoms with Gasteiger partial charge in [-0.05, 0) is 52.4 Å². The van der Waals surface area contributed by atoms with Crippen LogP contribution in [-0.4, -0.2) is 33.8 Å². The first kappa shape index (κ1) is 18.0. The Kier molecular flexibility index (Phi) is 4.70. The Morgan fingerprint density at radius 2 is 2.04 bits per heavy atom. The van der Waals surface area contributed by atoms with Crippen molar-refractivity contribution in [3.63, 3.8) is 0 Å². The summed E-state index contributed by atoms with van der Waals surface area (Å²) >= 11 is 8.15. The third-order valence-electron chi connectivity index (χ3n) is 3.65. The summed E-state index contributed by atoms with van der Waals surface area (Å²) in [5.41, 5.74) is 0.431. The summed E-state index contributed by atoms with van der Waals surface area (Å²) in [6.07, 6.45) is 1.32. The monoisotopic (exact) mass is 435 g/mol. The van der Waals surface area contributed by atoms with Gasteiger partial charge < -0.3 is 4.42 Å². The number of nitro groups is 1. The highest BCUT2D eigenvalue weighted by atomic mass is 79.9. The van der Waals surface area contributed by atoms with E-state index in [0.29, 0.717) is 15.8 Å². The molecule has 1 aliphatic heterocycles. The number of rotatable bonds is 3. The smallest absolute Gasteiger partial charge is 0.270 e. The molecule has 132 valence electrons. The average molecular weight is 436 g/mol. The molecule has 0 saturated carbocycles. The zero-order valence-corrected chi connectivity index (χ0v) is 15.6. The second kappa shape index (κ2) is 6.81. The first-order chi connectivity index (χ1) is 12.3. The normalized spacial score (nSPS) is 16.2. The van der Waals surface area contributed by atoms with Crippen LogP contribution >= 0.6 is 28.1 Å². The van der Waals surface area contributed by atoms with Crippen molar-refractivity contribution >= 4 is 56.8 Å². The van der Waals surface area contributed by atoms with Gasteiger partial charge in [-0.2, -0.15) is 0 Å². The summed E-state index contributed by atoms with van der Waals surface area (Å²) in [7, 11) is 1.46. The summed E-state index contributed by atoms with van der Waals surface area (Å²) in [4.78, 5) is 35.6. The number of carbonyl (C=O) groups excluding carboxylic acids is 2. The van der Waals surface area contributed by atoms with Gasteiger partial charge in [-0.15, -0.1) is 0 Å². The third-order valence-corrected chi connectivity index (χ3v) is 4.68. The molecule has 10 heteroatoms. The molecule has 1 aromatic carbocycles. The average Bonchev–Trinajstić information content (AvgIpc) is 3.05. The largest absolute Gasteiger partial charge is 0.457 e. The number of nitrogens with one attached hydrogen (secondary N) is 1. The van der Waals surface area contributed by atoms with E-state index >= 15 is 0 Å². The van der Waals surface area contributed by atoms with Gasteiger partial charge in [-0.3, -0.25) is 29.9 Å². The molecule has 1 fully saturated rings. The number of thiocarbonyl (C=S) groups is 1. The molecule has 0 spiro atoms. The molecule has 0 bridgehead atoms. The molecule has 8 nitrogen and oxygen atoms in total. The van der Waals surface area contributed by atoms with Gasteiger partial charge in [0.2, 0.25) is 0 Å². The van der Waals surface area contributed by atoms with Crippen LogP contribution in [0.5, 0.6) is 0 Å². The number of furan rings is 1. The molecule has 1 N–H and O–H groups in total. The van der Waals surface area contributed by atoms with Gasteiger partial charge in [0.25, 0.3) is 17.5 Å². The third kappa shape index (κ3) is 3.28. The fourth-order valence-electron chi connectivity index (χ4n) is 2.28. The second-order valence-corrected chi connectivity index (χ2v) is 6.55. The number of nitro benzene ring substituents is 1. The summed E-state index contributed by atoms with van der Waals surface area (Å²) < 4.78 is 6.14. The molecule has 0 aliphatic carbocycles. The van der Waals surface area contributed by atoms with Crippen molar-refractivity contribution in [2.75, 3.05) is 7.05 Å². The van der Waals surface area contributed by atoms with Gasteiger partial charge in [0.1, 0.15) is 17.1 Å². The van der Waals surface area contributed by atoms with E-state index in [1.165, 1.54) is 25.3 Å². The zero-order chi connectivity index (χ0) is 19.0. The predicted molar refractivity (Wildman–Crippen MR) is 100.0 cm³/mol. The van der Waals surface area contributed by atoms with Crippen molar-refractivity contribution in [1.29, 1.82) is 0 Å². The Morgan fingerprint density at radius 1 is 1.31 bits per heavy atom. The van der Waals surface area contributed by atoms with E-state index in [2.05, 4.69) is 21.2 Å². The Bertz CT molecular complexity index is 998. The number of hydrogen-bond acceptors (Lipinski definition) is 6. The zero-order valence-electron chi connectivity index (χ0n) is 13.2. The molecule has 0 atom stereocenters. The van der Waals surface area contributed by atoms with Crippen LogP contribution in [0.1, 0.15) is 5.76 Å². The first-order valence-corrected chi connectivity index (χ1v) is 8.37. The number of nitrogens with zero attached hydrogens (tertiary/aromatic N) is 2. The maximum Gasteiger partial charge on any atom is 0.270 e. The topological polar surface area (TPSA) is 106 Å². The maximum atomic E-state index is 12.2. The SMILES string of the molecule is CN1C(=O)/C(=C/c2ccc(-c3ccc([N+](=O)[O-])cc3Br)o2)C(=O)NC1=S. The van der Waals surface area contributed by atoms with Crippen molar-refractivity contribution in [1.82, 2.24) is 10.2 Å². The molecule has 2 heterocycles. The van der Waals surface area contributed by atoms with Crippen LogP contribution in [0.25, 0.3) is 17.4 Å². The summed E-state index contributed by atoms with van der Waals surface area (Å²) in [6, 6.07) is 7.49. The minimum Gasteiger partial charge on any atom is -0.457 e. The highest BCUT2D eigenvalue weighted by Gasteiger charge is 2.31. The minimum absolute atomic E-state index is 0.0343. The van der Waals surface area contributed by atoms with Gasteiger partial charge in [0.05, 0.1) is 4.92 Å². The fourth-order valence-corrected chi connectivity index (χ4v) is 3.02. The molecular weight excluding hydrogens is 426 g/mol. The number of likely N-dealkylation sites (N-methyl/N-ethyl adjacent to an activating group) is 1. The van der Waals surface area contributed by atoms with Crippen LogP contribution in [0, 0.1) is 10.1 Å². The molecule has 2 aromatic rings. The minimum atomic E-state index is -0.604. The molecule has 1 saturated heterocycles. The lowest BCUT2D eigenvalue weighted by Crippen LogP contribution is -2.52. The van der Waals surface area contributed by atoms with Gasteiger partial charge >= 0.3 is 0 Å². The fraction of sp³-hybridized carbons (Fsp3) is 0.0625. The predicted octanol–water partition coefficient (Wildman–Crippen LogP) is 2.87. The maximum absolute atomic E-state index is 12.2. The van der Waals surface area contributed by atoms with E-state index < -0.39 is 16.7 Å². The lowest BCUT2D eigenvalue weighted by molar-refractivity contribution is -0.384. The molecule has 0 unspecified atom stereocenters. The number of hydrogen-bond donors (Lipinski definition) is 1. The molecule has 1 aromatic heterocycles. The number of carbonyl (C=O) groups is 2. The van der Waals surface area contributed by atoms with Crippen LogP contribution < -0.4 is 5.32 Å². The van der Waals surface area contributed by atoms with Crippen LogP contribution in [0.2, 0.25) is 0 Å². The quantitative estimate of drug-likeness (QED) is 0.261. The van der Waals surface area contributed by atoms with Gasteiger partial charge in [0, 0.05) is 29.2 Å². The Hall–Kier alpha value is -2.85. The summed E-state index contributed by atoms with van der Waals surface area (Å²) in [6.45, 7) is 0. The van der Waals surface area contributed by atoms with Crippen molar-refractivity contribution < 1.29 is 18.9 Å².